The van der Waals surface area contributed by atoms with Gasteiger partial charge in [-0.1, -0.05) is 0 Å². The molecule has 1 N–H and O–H groups in total. The van der Waals surface area contributed by atoms with Gasteiger partial charge in [0, 0.05) is 6.54 Å². The number of benzene rings is 1. The minimum absolute atomic E-state index is 0.479. The zero-order valence-corrected chi connectivity index (χ0v) is 13.3. The Morgan fingerprint density at radius 3 is 2.95 bits per heavy atom. The van der Waals surface area contributed by atoms with Crippen LogP contribution in [0.2, 0.25) is 0 Å². The Morgan fingerprint density at radius 2 is 2.18 bits per heavy atom. The van der Waals surface area contributed by atoms with Crippen molar-refractivity contribution in [2.45, 2.75) is 44.7 Å². The van der Waals surface area contributed by atoms with Gasteiger partial charge in [0.1, 0.15) is 18.5 Å². The van der Waals surface area contributed by atoms with Gasteiger partial charge in [0.25, 0.3) is 0 Å². The first kappa shape index (κ1) is 14.3. The number of anilines is 1. The third kappa shape index (κ3) is 2.58. The van der Waals surface area contributed by atoms with Crippen LogP contribution in [0.25, 0.3) is 0 Å². The predicted molar refractivity (Wildman–Crippen MR) is 87.0 cm³/mol. The molecule has 3 aliphatic rings. The summed E-state index contributed by atoms with van der Waals surface area (Å²) < 4.78 is 19.6. The van der Waals surface area contributed by atoms with Crippen molar-refractivity contribution in [1.82, 2.24) is 5.32 Å². The molecular formula is C18H25FN2O. The summed E-state index contributed by atoms with van der Waals surface area (Å²) in [6.45, 7) is 5.69. The molecule has 1 aliphatic carbocycles. The van der Waals surface area contributed by atoms with Crippen molar-refractivity contribution >= 4 is 5.69 Å². The Balaban J connectivity index is 1.84. The van der Waals surface area contributed by atoms with E-state index in [1.54, 1.807) is 6.92 Å². The predicted octanol–water partition coefficient (Wildman–Crippen LogP) is 2.81. The molecule has 0 saturated heterocycles. The Kier molecular flexibility index (Phi) is 3.73. The van der Waals surface area contributed by atoms with Crippen LogP contribution in [-0.2, 0) is 12.8 Å². The van der Waals surface area contributed by atoms with E-state index in [4.69, 9.17) is 4.74 Å². The zero-order chi connectivity index (χ0) is 15.1. The van der Waals surface area contributed by atoms with Crippen LogP contribution in [0.4, 0.5) is 10.1 Å². The number of alkyl halides is 1. The van der Waals surface area contributed by atoms with Gasteiger partial charge in [0.05, 0.1) is 12.2 Å². The van der Waals surface area contributed by atoms with Gasteiger partial charge in [-0.2, -0.15) is 0 Å². The number of hydrogen-bond acceptors (Lipinski definition) is 3. The van der Waals surface area contributed by atoms with E-state index in [0.29, 0.717) is 19.1 Å². The fourth-order valence-corrected chi connectivity index (χ4v) is 3.95. The maximum Gasteiger partial charge on any atom is 0.143 e. The highest BCUT2D eigenvalue weighted by Crippen LogP contribution is 2.51. The van der Waals surface area contributed by atoms with Gasteiger partial charge >= 0.3 is 0 Å². The lowest BCUT2D eigenvalue weighted by Crippen LogP contribution is -2.37. The molecule has 1 aromatic rings. The van der Waals surface area contributed by atoms with Crippen molar-refractivity contribution in [3.8, 4) is 5.75 Å². The maximum atomic E-state index is 13.6. The minimum Gasteiger partial charge on any atom is -0.490 e. The van der Waals surface area contributed by atoms with E-state index >= 15 is 0 Å². The first-order valence-electron chi connectivity index (χ1n) is 8.65. The topological polar surface area (TPSA) is 24.5 Å². The zero-order valence-electron chi connectivity index (χ0n) is 13.3. The molecule has 4 rings (SSSR count). The van der Waals surface area contributed by atoms with Gasteiger partial charge in [-0.3, -0.25) is 0 Å². The molecule has 120 valence electrons. The van der Waals surface area contributed by atoms with Gasteiger partial charge < -0.3 is 15.0 Å². The largest absolute Gasteiger partial charge is 0.490 e. The molecule has 1 aromatic carbocycles. The molecule has 0 radical (unpaired) electrons. The van der Waals surface area contributed by atoms with Crippen molar-refractivity contribution in [1.29, 1.82) is 0 Å². The molecule has 1 atom stereocenters. The van der Waals surface area contributed by atoms with Crippen molar-refractivity contribution < 1.29 is 9.13 Å². The first-order chi connectivity index (χ1) is 10.7. The van der Waals surface area contributed by atoms with Gasteiger partial charge in [-0.05, 0) is 74.4 Å². The first-order valence-corrected chi connectivity index (χ1v) is 8.65. The molecule has 1 saturated carbocycles. The molecule has 2 heterocycles. The second-order valence-corrected chi connectivity index (χ2v) is 6.87. The summed E-state index contributed by atoms with van der Waals surface area (Å²) in [5, 5.41) is 3.50. The molecule has 0 bridgehead atoms. The van der Waals surface area contributed by atoms with E-state index in [1.807, 2.05) is 0 Å². The molecule has 22 heavy (non-hydrogen) atoms. The third-order valence-electron chi connectivity index (χ3n) is 5.02. The Labute approximate surface area is 131 Å². The normalized spacial score (nSPS) is 22.4. The van der Waals surface area contributed by atoms with E-state index in [1.165, 1.54) is 35.2 Å². The summed E-state index contributed by atoms with van der Waals surface area (Å²) in [7, 11) is 0. The number of rotatable bonds is 3. The van der Waals surface area contributed by atoms with Crippen molar-refractivity contribution in [3.05, 3.63) is 22.8 Å². The van der Waals surface area contributed by atoms with Crippen LogP contribution in [0, 0.1) is 0 Å². The summed E-state index contributed by atoms with van der Waals surface area (Å²) in [6, 6.07) is 2.23. The SMILES string of the molecule is C[C@@H](F)CN1CCOc2cc3c(c(C4CC4)c21)CCNCC3. The van der Waals surface area contributed by atoms with Crippen LogP contribution < -0.4 is 15.0 Å². The molecular weight excluding hydrogens is 279 g/mol. The summed E-state index contributed by atoms with van der Waals surface area (Å²) in [6.07, 6.45) is 3.90. The average molecular weight is 304 g/mol. The van der Waals surface area contributed by atoms with Crippen LogP contribution in [0.1, 0.15) is 42.4 Å². The van der Waals surface area contributed by atoms with E-state index < -0.39 is 6.17 Å². The molecule has 0 amide bonds. The van der Waals surface area contributed by atoms with Crippen LogP contribution in [0.15, 0.2) is 6.07 Å². The maximum absolute atomic E-state index is 13.6. The highest BCUT2D eigenvalue weighted by atomic mass is 19.1. The highest BCUT2D eigenvalue weighted by molar-refractivity contribution is 5.71. The second kappa shape index (κ2) is 5.73. The van der Waals surface area contributed by atoms with Crippen molar-refractivity contribution in [2.75, 3.05) is 37.7 Å². The minimum atomic E-state index is -0.807. The van der Waals surface area contributed by atoms with Crippen LogP contribution in [0.3, 0.4) is 0 Å². The van der Waals surface area contributed by atoms with Crippen LogP contribution in [0.5, 0.6) is 5.75 Å². The third-order valence-corrected chi connectivity index (χ3v) is 5.02. The Hall–Kier alpha value is -1.29. The van der Waals surface area contributed by atoms with Crippen molar-refractivity contribution in [2.24, 2.45) is 0 Å². The van der Waals surface area contributed by atoms with Crippen LogP contribution in [-0.4, -0.2) is 39.0 Å². The number of nitrogens with zero attached hydrogens (tertiary/aromatic N) is 1. The van der Waals surface area contributed by atoms with Crippen molar-refractivity contribution in [3.63, 3.8) is 0 Å². The standard InChI is InChI=1S/C18H25FN2O/c1-12(19)11-21-8-9-22-16-10-14-4-6-20-7-5-15(14)17(18(16)21)13-2-3-13/h10,12-13,20H,2-9,11H2,1H3/t12-/m1/s1. The Morgan fingerprint density at radius 1 is 1.36 bits per heavy atom. The van der Waals surface area contributed by atoms with E-state index in [9.17, 15) is 4.39 Å². The monoisotopic (exact) mass is 304 g/mol. The highest BCUT2D eigenvalue weighted by Gasteiger charge is 2.35. The van der Waals surface area contributed by atoms with E-state index in [-0.39, 0.29) is 0 Å². The van der Waals surface area contributed by atoms with Gasteiger partial charge in [-0.25, -0.2) is 4.39 Å². The summed E-state index contributed by atoms with van der Waals surface area (Å²) >= 11 is 0. The lowest BCUT2D eigenvalue weighted by molar-refractivity contribution is 0.292. The molecule has 0 unspecified atom stereocenters. The second-order valence-electron chi connectivity index (χ2n) is 6.87. The summed E-state index contributed by atoms with van der Waals surface area (Å²) in [5.74, 6) is 1.66. The number of hydrogen-bond donors (Lipinski definition) is 1. The smallest absolute Gasteiger partial charge is 0.143 e. The van der Waals surface area contributed by atoms with E-state index in [2.05, 4.69) is 16.3 Å². The fourth-order valence-electron chi connectivity index (χ4n) is 3.95. The number of fused-ring (bicyclic) bond motifs is 2. The fraction of sp³-hybridized carbons (Fsp3) is 0.667. The quantitative estimate of drug-likeness (QED) is 0.929. The lowest BCUT2D eigenvalue weighted by Gasteiger charge is -2.35. The molecule has 4 heteroatoms. The number of halogens is 1. The summed E-state index contributed by atoms with van der Waals surface area (Å²) in [4.78, 5) is 2.23. The lowest BCUT2D eigenvalue weighted by atomic mass is 9.91. The molecule has 0 spiro atoms. The number of nitrogens with one attached hydrogen (secondary N) is 1. The Bertz CT molecular complexity index is 569. The van der Waals surface area contributed by atoms with E-state index in [0.717, 1.165) is 38.2 Å². The number of ether oxygens (including phenoxy) is 1. The average Bonchev–Trinajstić information content (AvgIpc) is 3.31. The van der Waals surface area contributed by atoms with Gasteiger partial charge in [-0.15, -0.1) is 0 Å². The molecule has 1 fully saturated rings. The summed E-state index contributed by atoms with van der Waals surface area (Å²) in [5.41, 5.74) is 5.66. The van der Waals surface area contributed by atoms with Gasteiger partial charge in [0.2, 0.25) is 0 Å². The van der Waals surface area contributed by atoms with Crippen LogP contribution >= 0.6 is 0 Å². The molecule has 2 aliphatic heterocycles. The molecule has 3 nitrogen and oxygen atoms in total. The van der Waals surface area contributed by atoms with Gasteiger partial charge in [0.15, 0.2) is 0 Å². The molecule has 0 aromatic heterocycles.